The molecule has 0 radical (unpaired) electrons. The van der Waals surface area contributed by atoms with Crippen LogP contribution in [-0.4, -0.2) is 30.6 Å². The number of nitrogens with one attached hydrogen (secondary N) is 3. The van der Waals surface area contributed by atoms with Gasteiger partial charge in [-0.2, -0.15) is 0 Å². The maximum atomic E-state index is 12.6. The van der Waals surface area contributed by atoms with Crippen molar-refractivity contribution in [2.45, 2.75) is 32.6 Å². The number of para-hydroxylation sites is 1. The minimum atomic E-state index is -0.322. The zero-order valence-electron chi connectivity index (χ0n) is 16.8. The molecule has 0 aliphatic carbocycles. The third-order valence-electron chi connectivity index (χ3n) is 4.25. The zero-order chi connectivity index (χ0) is 21.1. The molecule has 0 saturated heterocycles. The third-order valence-corrected chi connectivity index (χ3v) is 4.45. The molecule has 2 aromatic rings. The molecule has 0 bridgehead atoms. The number of ether oxygens (including phenoxy) is 1. The van der Waals surface area contributed by atoms with Crippen molar-refractivity contribution < 1.29 is 14.3 Å². The van der Waals surface area contributed by atoms with Gasteiger partial charge in [0, 0.05) is 19.2 Å². The summed E-state index contributed by atoms with van der Waals surface area (Å²) >= 11 is 5.26. The highest BCUT2D eigenvalue weighted by molar-refractivity contribution is 7.80. The molecule has 0 heterocycles. The van der Waals surface area contributed by atoms with Gasteiger partial charge in [-0.3, -0.25) is 14.9 Å². The van der Waals surface area contributed by atoms with Crippen LogP contribution in [0, 0.1) is 0 Å². The SMILES string of the molecule is CCCCOc1ccccc1C(=O)NC(=S)Nc1ccc(CCC(=O)NC)cc1. The van der Waals surface area contributed by atoms with Crippen molar-refractivity contribution in [2.75, 3.05) is 19.0 Å². The second-order valence-electron chi connectivity index (χ2n) is 6.48. The minimum absolute atomic E-state index is 0.00930. The first-order valence-electron chi connectivity index (χ1n) is 9.67. The van der Waals surface area contributed by atoms with Crippen molar-refractivity contribution in [1.82, 2.24) is 10.6 Å². The summed E-state index contributed by atoms with van der Waals surface area (Å²) in [5.74, 6) is 0.230. The molecule has 2 aromatic carbocycles. The normalized spacial score (nSPS) is 10.1. The summed E-state index contributed by atoms with van der Waals surface area (Å²) in [6.45, 7) is 2.65. The standard InChI is InChI=1S/C22H27N3O3S/c1-3-4-15-28-19-8-6-5-7-18(19)21(27)25-22(29)24-17-12-9-16(10-13-17)11-14-20(26)23-2/h5-10,12-13H,3-4,11,14-15H2,1-2H3,(H,23,26)(H2,24,25,27,29). The Morgan fingerprint density at radius 2 is 1.79 bits per heavy atom. The van der Waals surface area contributed by atoms with E-state index in [1.54, 1.807) is 25.2 Å². The first-order chi connectivity index (χ1) is 14.0. The Labute approximate surface area is 177 Å². The Hall–Kier alpha value is -2.93. The number of carbonyl (C=O) groups excluding carboxylic acids is 2. The molecule has 6 nitrogen and oxygen atoms in total. The molecule has 2 amide bonds. The summed E-state index contributed by atoms with van der Waals surface area (Å²) in [5, 5.41) is 8.49. The summed E-state index contributed by atoms with van der Waals surface area (Å²) in [5.41, 5.74) is 2.25. The van der Waals surface area contributed by atoms with Gasteiger partial charge in [-0.15, -0.1) is 0 Å². The van der Waals surface area contributed by atoms with Gasteiger partial charge in [0.1, 0.15) is 5.75 Å². The van der Waals surface area contributed by atoms with Crippen molar-refractivity contribution in [3.05, 3.63) is 59.7 Å². The van der Waals surface area contributed by atoms with Crippen LogP contribution in [0.2, 0.25) is 0 Å². The summed E-state index contributed by atoms with van der Waals surface area (Å²) in [6.07, 6.45) is 3.05. The first-order valence-corrected chi connectivity index (χ1v) is 10.1. The van der Waals surface area contributed by atoms with E-state index in [0.29, 0.717) is 30.8 Å². The quantitative estimate of drug-likeness (QED) is 0.432. The zero-order valence-corrected chi connectivity index (χ0v) is 17.6. The number of hydrogen-bond acceptors (Lipinski definition) is 4. The van der Waals surface area contributed by atoms with Gasteiger partial charge < -0.3 is 15.4 Å². The number of thiocarbonyl (C=S) groups is 1. The smallest absolute Gasteiger partial charge is 0.261 e. The number of amides is 2. The predicted molar refractivity (Wildman–Crippen MR) is 119 cm³/mol. The molecule has 0 aliphatic rings. The summed E-state index contributed by atoms with van der Waals surface area (Å²) in [4.78, 5) is 23.9. The molecule has 154 valence electrons. The Kier molecular flexibility index (Phi) is 9.11. The van der Waals surface area contributed by atoms with E-state index in [0.717, 1.165) is 24.1 Å². The van der Waals surface area contributed by atoms with Gasteiger partial charge in [-0.1, -0.05) is 37.6 Å². The van der Waals surface area contributed by atoms with Crippen molar-refractivity contribution in [3.63, 3.8) is 0 Å². The lowest BCUT2D eigenvalue weighted by molar-refractivity contribution is -0.120. The number of anilines is 1. The molecule has 0 saturated carbocycles. The maximum Gasteiger partial charge on any atom is 0.261 e. The molecule has 2 rings (SSSR count). The predicted octanol–water partition coefficient (Wildman–Crippen LogP) is 3.67. The molecule has 0 atom stereocenters. The van der Waals surface area contributed by atoms with Crippen LogP contribution in [-0.2, 0) is 11.2 Å². The highest BCUT2D eigenvalue weighted by Crippen LogP contribution is 2.18. The average molecular weight is 414 g/mol. The monoisotopic (exact) mass is 413 g/mol. The van der Waals surface area contributed by atoms with Crippen LogP contribution in [0.4, 0.5) is 5.69 Å². The van der Waals surface area contributed by atoms with Crippen LogP contribution in [0.1, 0.15) is 42.1 Å². The minimum Gasteiger partial charge on any atom is -0.493 e. The van der Waals surface area contributed by atoms with Gasteiger partial charge >= 0.3 is 0 Å². The fourth-order valence-electron chi connectivity index (χ4n) is 2.58. The average Bonchev–Trinajstić information content (AvgIpc) is 2.73. The molecule has 0 spiro atoms. The first kappa shape index (κ1) is 22.4. The Bertz CT molecular complexity index is 837. The van der Waals surface area contributed by atoms with Gasteiger partial charge in [-0.05, 0) is 54.9 Å². The van der Waals surface area contributed by atoms with E-state index in [9.17, 15) is 9.59 Å². The number of unbranched alkanes of at least 4 members (excludes halogenated alkanes) is 1. The van der Waals surface area contributed by atoms with Crippen LogP contribution < -0.4 is 20.7 Å². The molecule has 3 N–H and O–H groups in total. The van der Waals surface area contributed by atoms with Crippen LogP contribution in [0.15, 0.2) is 48.5 Å². The van der Waals surface area contributed by atoms with Crippen LogP contribution in [0.3, 0.4) is 0 Å². The molecular formula is C22H27N3O3S. The summed E-state index contributed by atoms with van der Waals surface area (Å²) < 4.78 is 5.71. The Morgan fingerprint density at radius 3 is 2.48 bits per heavy atom. The molecule has 0 aliphatic heterocycles. The van der Waals surface area contributed by atoms with Crippen molar-refractivity contribution >= 4 is 34.8 Å². The van der Waals surface area contributed by atoms with Gasteiger partial charge in [0.25, 0.3) is 5.91 Å². The summed E-state index contributed by atoms with van der Waals surface area (Å²) in [6, 6.07) is 14.7. The molecular weight excluding hydrogens is 386 g/mol. The fourth-order valence-corrected chi connectivity index (χ4v) is 2.79. The van der Waals surface area contributed by atoms with Crippen molar-refractivity contribution in [2.24, 2.45) is 0 Å². The maximum absolute atomic E-state index is 12.6. The van der Waals surface area contributed by atoms with Gasteiger partial charge in [0.15, 0.2) is 5.11 Å². The highest BCUT2D eigenvalue weighted by Gasteiger charge is 2.13. The van der Waals surface area contributed by atoms with Gasteiger partial charge in [-0.25, -0.2) is 0 Å². The molecule has 29 heavy (non-hydrogen) atoms. The molecule has 0 aromatic heterocycles. The van der Waals surface area contributed by atoms with Gasteiger partial charge in [0.05, 0.1) is 12.2 Å². The fraction of sp³-hybridized carbons (Fsp3) is 0.318. The lowest BCUT2D eigenvalue weighted by Crippen LogP contribution is -2.34. The van der Waals surface area contributed by atoms with E-state index in [2.05, 4.69) is 22.9 Å². The van der Waals surface area contributed by atoms with Crippen LogP contribution in [0.25, 0.3) is 0 Å². The highest BCUT2D eigenvalue weighted by atomic mass is 32.1. The van der Waals surface area contributed by atoms with Crippen LogP contribution >= 0.6 is 12.2 Å². The Morgan fingerprint density at radius 1 is 1.07 bits per heavy atom. The van der Waals surface area contributed by atoms with E-state index in [1.807, 2.05) is 30.3 Å². The molecule has 0 fully saturated rings. The Balaban J connectivity index is 1.90. The second-order valence-corrected chi connectivity index (χ2v) is 6.88. The number of carbonyl (C=O) groups is 2. The molecule has 0 unspecified atom stereocenters. The molecule has 7 heteroatoms. The van der Waals surface area contributed by atoms with E-state index >= 15 is 0 Å². The van der Waals surface area contributed by atoms with Gasteiger partial charge in [0.2, 0.25) is 5.91 Å². The van der Waals surface area contributed by atoms with E-state index < -0.39 is 0 Å². The topological polar surface area (TPSA) is 79.5 Å². The van der Waals surface area contributed by atoms with Crippen molar-refractivity contribution in [1.29, 1.82) is 0 Å². The van der Waals surface area contributed by atoms with Crippen LogP contribution in [0.5, 0.6) is 5.75 Å². The summed E-state index contributed by atoms with van der Waals surface area (Å²) in [7, 11) is 1.63. The largest absolute Gasteiger partial charge is 0.493 e. The second kappa shape index (κ2) is 11.8. The third kappa shape index (κ3) is 7.54. The number of rotatable bonds is 9. The van der Waals surface area contributed by atoms with E-state index in [1.165, 1.54) is 0 Å². The number of aryl methyl sites for hydroxylation is 1. The lowest BCUT2D eigenvalue weighted by atomic mass is 10.1. The lowest BCUT2D eigenvalue weighted by Gasteiger charge is -2.13. The number of benzene rings is 2. The van der Waals surface area contributed by atoms with Crippen molar-refractivity contribution in [3.8, 4) is 5.75 Å². The van der Waals surface area contributed by atoms with E-state index in [4.69, 9.17) is 17.0 Å². The van der Waals surface area contributed by atoms with E-state index in [-0.39, 0.29) is 16.9 Å². The number of hydrogen-bond donors (Lipinski definition) is 3.